The van der Waals surface area contributed by atoms with E-state index in [9.17, 15) is 9.59 Å². The zero-order chi connectivity index (χ0) is 25.2. The summed E-state index contributed by atoms with van der Waals surface area (Å²) in [5, 5.41) is 5.79. The molecule has 3 heterocycles. The number of carbonyl (C=O) groups is 2. The van der Waals surface area contributed by atoms with E-state index in [1.54, 1.807) is 14.0 Å². The van der Waals surface area contributed by atoms with Crippen LogP contribution in [0.4, 0.5) is 5.13 Å². The topological polar surface area (TPSA) is 93.6 Å². The van der Waals surface area contributed by atoms with Gasteiger partial charge in [-0.2, -0.15) is 0 Å². The summed E-state index contributed by atoms with van der Waals surface area (Å²) < 4.78 is 10.9. The van der Waals surface area contributed by atoms with Crippen LogP contribution in [0.3, 0.4) is 0 Å². The molecule has 0 saturated carbocycles. The van der Waals surface area contributed by atoms with Gasteiger partial charge in [0.2, 0.25) is 0 Å². The fourth-order valence-corrected chi connectivity index (χ4v) is 4.99. The smallest absolute Gasteiger partial charge is 0.339 e. The molecule has 36 heavy (non-hydrogen) atoms. The number of pyridine rings is 1. The Bertz CT molecular complexity index is 1430. The first kappa shape index (κ1) is 23.9. The van der Waals surface area contributed by atoms with Gasteiger partial charge in [-0.15, -0.1) is 11.3 Å². The number of para-hydroxylation sites is 1. The molecule has 1 N–H and O–H groups in total. The predicted octanol–water partition coefficient (Wildman–Crippen LogP) is 4.54. The molecule has 8 nitrogen and oxygen atoms in total. The van der Waals surface area contributed by atoms with Crippen LogP contribution in [-0.2, 0) is 22.5 Å². The van der Waals surface area contributed by atoms with Crippen LogP contribution in [0.15, 0.2) is 53.9 Å². The summed E-state index contributed by atoms with van der Waals surface area (Å²) in [6.07, 6.45) is -0.247. The second-order valence-electron chi connectivity index (χ2n) is 8.72. The molecule has 2 aromatic carbocycles. The number of carbonyl (C=O) groups excluding carboxylic acids is 2. The summed E-state index contributed by atoms with van der Waals surface area (Å²) in [5.41, 5.74) is 4.65. The zero-order valence-electron chi connectivity index (χ0n) is 20.3. The Hall–Kier alpha value is -3.82. The van der Waals surface area contributed by atoms with E-state index < -0.39 is 18.0 Å². The zero-order valence-corrected chi connectivity index (χ0v) is 21.1. The number of rotatable bonds is 6. The number of likely N-dealkylation sites (N-methyl/N-ethyl adjacent to an activating group) is 1. The van der Waals surface area contributed by atoms with Crippen molar-refractivity contribution >= 4 is 39.2 Å². The molecule has 1 atom stereocenters. The minimum atomic E-state index is -1.00. The van der Waals surface area contributed by atoms with Gasteiger partial charge in [0.05, 0.1) is 23.9 Å². The Labute approximate surface area is 212 Å². The lowest BCUT2D eigenvalue weighted by atomic mass is 9.96. The van der Waals surface area contributed by atoms with E-state index in [2.05, 4.69) is 15.2 Å². The number of aromatic nitrogens is 2. The lowest BCUT2D eigenvalue weighted by molar-refractivity contribution is -0.123. The number of hydrogen-bond donors (Lipinski definition) is 1. The molecular formula is C27H26N4O4S. The molecule has 4 aromatic rings. The maximum atomic E-state index is 13.4. The third kappa shape index (κ3) is 4.80. The van der Waals surface area contributed by atoms with Crippen LogP contribution in [0.2, 0.25) is 0 Å². The highest BCUT2D eigenvalue weighted by atomic mass is 32.1. The molecule has 0 aliphatic carbocycles. The molecule has 1 aliphatic rings. The molecule has 0 saturated heterocycles. The number of anilines is 1. The number of fused-ring (bicyclic) bond motifs is 2. The normalized spacial score (nSPS) is 14.2. The Morgan fingerprint density at radius 2 is 1.89 bits per heavy atom. The quantitative estimate of drug-likeness (QED) is 0.387. The van der Waals surface area contributed by atoms with E-state index in [0.717, 1.165) is 52.1 Å². The van der Waals surface area contributed by atoms with Crippen molar-refractivity contribution < 1.29 is 19.1 Å². The van der Waals surface area contributed by atoms with Crippen LogP contribution in [0.1, 0.15) is 28.5 Å². The van der Waals surface area contributed by atoms with E-state index in [1.165, 1.54) is 11.3 Å². The molecule has 5 rings (SSSR count). The van der Waals surface area contributed by atoms with Crippen molar-refractivity contribution in [1.29, 1.82) is 0 Å². The van der Waals surface area contributed by atoms with E-state index in [0.29, 0.717) is 17.2 Å². The van der Waals surface area contributed by atoms with Crippen molar-refractivity contribution in [3.63, 3.8) is 0 Å². The Morgan fingerprint density at radius 1 is 1.11 bits per heavy atom. The average Bonchev–Trinajstić information content (AvgIpc) is 3.35. The standard InChI is InChI=1S/C27H26N4O4S/c1-16(25(32)30-27-29-23(15-36-27)17-8-10-18(34-3)11-9-17)35-26(33)24-19-6-4-5-7-21(19)28-22-12-13-31(2)14-20(22)24/h4-11,15-16H,12-14H2,1-3H3,(H,29,30,32). The fourth-order valence-electron chi connectivity index (χ4n) is 4.26. The second kappa shape index (κ2) is 10.0. The van der Waals surface area contributed by atoms with Gasteiger partial charge >= 0.3 is 5.97 Å². The van der Waals surface area contributed by atoms with E-state index in [1.807, 2.05) is 61.0 Å². The number of hydrogen-bond acceptors (Lipinski definition) is 8. The van der Waals surface area contributed by atoms with Crippen molar-refractivity contribution in [1.82, 2.24) is 14.9 Å². The number of nitrogens with zero attached hydrogens (tertiary/aromatic N) is 3. The summed E-state index contributed by atoms with van der Waals surface area (Å²) in [6.45, 7) is 3.04. The lowest BCUT2D eigenvalue weighted by Crippen LogP contribution is -2.32. The Morgan fingerprint density at radius 3 is 2.67 bits per heavy atom. The van der Waals surface area contributed by atoms with Gasteiger partial charge in [-0.05, 0) is 44.3 Å². The minimum absolute atomic E-state index is 0.432. The van der Waals surface area contributed by atoms with Crippen molar-refractivity contribution in [2.24, 2.45) is 0 Å². The van der Waals surface area contributed by atoms with Crippen molar-refractivity contribution in [2.45, 2.75) is 26.0 Å². The van der Waals surface area contributed by atoms with E-state index >= 15 is 0 Å². The summed E-state index contributed by atoms with van der Waals surface area (Å²) in [7, 11) is 3.63. The Balaban J connectivity index is 1.32. The van der Waals surface area contributed by atoms with E-state index in [4.69, 9.17) is 14.5 Å². The maximum absolute atomic E-state index is 13.4. The van der Waals surface area contributed by atoms with Crippen LogP contribution in [0.25, 0.3) is 22.2 Å². The molecule has 0 fully saturated rings. The van der Waals surface area contributed by atoms with Gasteiger partial charge in [-0.25, -0.2) is 9.78 Å². The lowest BCUT2D eigenvalue weighted by Gasteiger charge is -2.27. The largest absolute Gasteiger partial charge is 0.497 e. The molecule has 1 amide bonds. The summed E-state index contributed by atoms with van der Waals surface area (Å²) >= 11 is 1.31. The second-order valence-corrected chi connectivity index (χ2v) is 9.58. The molecular weight excluding hydrogens is 476 g/mol. The van der Waals surface area contributed by atoms with Gasteiger partial charge in [0.25, 0.3) is 5.91 Å². The maximum Gasteiger partial charge on any atom is 0.339 e. The number of thiazole rings is 1. The number of nitrogens with one attached hydrogen (secondary N) is 1. The van der Waals surface area contributed by atoms with Gasteiger partial charge in [-0.1, -0.05) is 18.2 Å². The minimum Gasteiger partial charge on any atom is -0.497 e. The summed E-state index contributed by atoms with van der Waals surface area (Å²) in [4.78, 5) is 37.6. The van der Waals surface area contributed by atoms with Gasteiger partial charge in [0.1, 0.15) is 5.75 Å². The first-order chi connectivity index (χ1) is 17.4. The van der Waals surface area contributed by atoms with Crippen LogP contribution in [0.5, 0.6) is 5.75 Å². The number of amides is 1. The molecule has 1 unspecified atom stereocenters. The van der Waals surface area contributed by atoms with Crippen molar-refractivity contribution in [3.8, 4) is 17.0 Å². The third-order valence-corrected chi connectivity index (χ3v) is 6.97. The first-order valence-electron chi connectivity index (χ1n) is 11.6. The van der Waals surface area contributed by atoms with Gasteiger partial charge in [0, 0.05) is 47.1 Å². The highest BCUT2D eigenvalue weighted by molar-refractivity contribution is 7.14. The Kier molecular flexibility index (Phi) is 6.67. The van der Waals surface area contributed by atoms with Crippen LogP contribution >= 0.6 is 11.3 Å². The SMILES string of the molecule is COc1ccc(-c2csc(NC(=O)C(C)OC(=O)c3c4c(nc5ccccc35)CCN(C)C4)n2)cc1. The van der Waals surface area contributed by atoms with Crippen LogP contribution in [0, 0.1) is 0 Å². The molecule has 9 heteroatoms. The highest BCUT2D eigenvalue weighted by Gasteiger charge is 2.28. The average molecular weight is 503 g/mol. The highest BCUT2D eigenvalue weighted by Crippen LogP contribution is 2.29. The van der Waals surface area contributed by atoms with Gasteiger partial charge in [-0.3, -0.25) is 15.1 Å². The van der Waals surface area contributed by atoms with Crippen molar-refractivity contribution in [2.75, 3.05) is 26.0 Å². The van der Waals surface area contributed by atoms with Gasteiger partial charge < -0.3 is 14.4 Å². The van der Waals surface area contributed by atoms with Crippen LogP contribution < -0.4 is 10.1 Å². The summed E-state index contributed by atoms with van der Waals surface area (Å²) in [6, 6.07) is 15.1. The number of esters is 1. The molecule has 0 spiro atoms. The van der Waals surface area contributed by atoms with Crippen LogP contribution in [-0.4, -0.2) is 53.6 Å². The van der Waals surface area contributed by atoms with Crippen molar-refractivity contribution in [3.05, 3.63) is 70.7 Å². The number of methoxy groups -OCH3 is 1. The molecule has 2 aromatic heterocycles. The first-order valence-corrected chi connectivity index (χ1v) is 12.5. The fraction of sp³-hybridized carbons (Fsp3) is 0.259. The third-order valence-electron chi connectivity index (χ3n) is 6.21. The monoisotopic (exact) mass is 502 g/mol. The molecule has 0 radical (unpaired) electrons. The molecule has 184 valence electrons. The molecule has 0 bridgehead atoms. The summed E-state index contributed by atoms with van der Waals surface area (Å²) in [5.74, 6) is -0.211. The van der Waals surface area contributed by atoms with E-state index in [-0.39, 0.29) is 0 Å². The number of ether oxygens (including phenoxy) is 2. The number of benzene rings is 2. The predicted molar refractivity (Wildman–Crippen MR) is 139 cm³/mol. The molecule has 1 aliphatic heterocycles. The van der Waals surface area contributed by atoms with Gasteiger partial charge in [0.15, 0.2) is 11.2 Å².